The second kappa shape index (κ2) is 3.66. The van der Waals surface area contributed by atoms with E-state index in [9.17, 15) is 0 Å². The Morgan fingerprint density at radius 2 is 2.38 bits per heavy atom. The van der Waals surface area contributed by atoms with Crippen LogP contribution in [-0.4, -0.2) is 20.0 Å². The molecule has 0 aliphatic carbocycles. The van der Waals surface area contributed by atoms with Gasteiger partial charge in [-0.05, 0) is 12.1 Å². The van der Waals surface area contributed by atoms with E-state index in [0.29, 0.717) is 5.33 Å². The number of hydrogen-bond donors (Lipinski definition) is 0. The van der Waals surface area contributed by atoms with Gasteiger partial charge in [0.2, 0.25) is 0 Å². The van der Waals surface area contributed by atoms with E-state index in [1.165, 1.54) is 0 Å². The van der Waals surface area contributed by atoms with Crippen LogP contribution < -0.4 is 0 Å². The van der Waals surface area contributed by atoms with Crippen LogP contribution in [0.5, 0.6) is 0 Å². The molecular weight excluding hydrogens is 232 g/mol. The molecule has 0 fully saturated rings. The Bertz CT molecular complexity index is 384. The fraction of sp³-hybridized carbons (Fsp3) is 0.125. The van der Waals surface area contributed by atoms with Crippen molar-refractivity contribution in [3.05, 3.63) is 36.4 Å². The lowest BCUT2D eigenvalue weighted by atomic mass is 10.4. The largest absolute Gasteiger partial charge is 0.262 e. The Labute approximate surface area is 83.7 Å². The smallest absolute Gasteiger partial charge is 0.0937 e. The molecule has 2 heterocycles. The Balaban J connectivity index is 2.36. The number of alkyl halides is 1. The van der Waals surface area contributed by atoms with Crippen molar-refractivity contribution >= 4 is 15.9 Å². The van der Waals surface area contributed by atoms with Gasteiger partial charge in [0, 0.05) is 11.5 Å². The highest BCUT2D eigenvalue weighted by molar-refractivity contribution is 9.08. The van der Waals surface area contributed by atoms with Crippen LogP contribution in [-0.2, 0) is 5.33 Å². The van der Waals surface area contributed by atoms with E-state index in [4.69, 9.17) is 0 Å². The molecule has 0 aromatic carbocycles. The molecule has 0 amide bonds. The molecule has 0 atom stereocenters. The summed E-state index contributed by atoms with van der Waals surface area (Å²) in [6.07, 6.45) is 5.34. The summed E-state index contributed by atoms with van der Waals surface area (Å²) < 4.78 is 1.70. The van der Waals surface area contributed by atoms with Gasteiger partial charge in [-0.25, -0.2) is 4.68 Å². The Hall–Kier alpha value is -1.23. The fourth-order valence-electron chi connectivity index (χ4n) is 0.975. The average Bonchev–Trinajstić information content (AvgIpc) is 2.67. The quantitative estimate of drug-likeness (QED) is 0.747. The Morgan fingerprint density at radius 3 is 3.00 bits per heavy atom. The highest BCUT2D eigenvalue weighted by Gasteiger charge is 1.99. The van der Waals surface area contributed by atoms with Crippen LogP contribution in [0.1, 0.15) is 5.69 Å². The summed E-state index contributed by atoms with van der Waals surface area (Å²) >= 11 is 3.31. The van der Waals surface area contributed by atoms with E-state index in [0.717, 1.165) is 11.4 Å². The number of pyridine rings is 1. The molecule has 13 heavy (non-hydrogen) atoms. The van der Waals surface area contributed by atoms with E-state index < -0.39 is 0 Å². The third kappa shape index (κ3) is 1.75. The van der Waals surface area contributed by atoms with Crippen LogP contribution in [0.2, 0.25) is 0 Å². The van der Waals surface area contributed by atoms with Crippen molar-refractivity contribution in [1.82, 2.24) is 20.0 Å². The van der Waals surface area contributed by atoms with Gasteiger partial charge in [0.25, 0.3) is 0 Å². The summed E-state index contributed by atoms with van der Waals surface area (Å²) in [5, 5.41) is 8.62. The molecular formula is C8H7BrN4. The molecule has 4 nitrogen and oxygen atoms in total. The fourth-order valence-corrected chi connectivity index (χ4v) is 1.23. The first kappa shape index (κ1) is 8.37. The summed E-state index contributed by atoms with van der Waals surface area (Å²) in [5.74, 6) is 0. The van der Waals surface area contributed by atoms with E-state index in [1.807, 2.05) is 18.3 Å². The lowest BCUT2D eigenvalue weighted by molar-refractivity contribution is 0.797. The van der Waals surface area contributed by atoms with Gasteiger partial charge in [0.05, 0.1) is 23.8 Å². The molecule has 0 aliphatic heterocycles. The lowest BCUT2D eigenvalue weighted by Gasteiger charge is -1.95. The molecule has 66 valence electrons. The van der Waals surface area contributed by atoms with Gasteiger partial charge in [-0.3, -0.25) is 4.98 Å². The molecule has 0 spiro atoms. The minimum absolute atomic E-state index is 0.716. The molecule has 0 radical (unpaired) electrons. The maximum atomic E-state index is 4.00. The van der Waals surface area contributed by atoms with Crippen molar-refractivity contribution in [2.24, 2.45) is 0 Å². The summed E-state index contributed by atoms with van der Waals surface area (Å²) in [4.78, 5) is 4.00. The summed E-state index contributed by atoms with van der Waals surface area (Å²) in [6.45, 7) is 0. The minimum Gasteiger partial charge on any atom is -0.262 e. The summed E-state index contributed by atoms with van der Waals surface area (Å²) in [5.41, 5.74) is 1.83. The lowest BCUT2D eigenvalue weighted by Crippen LogP contribution is -1.94. The molecule has 0 saturated heterocycles. The molecule has 0 N–H and O–H groups in total. The molecule has 0 bridgehead atoms. The van der Waals surface area contributed by atoms with Crippen molar-refractivity contribution in [2.75, 3.05) is 0 Å². The third-order valence-electron chi connectivity index (χ3n) is 1.59. The van der Waals surface area contributed by atoms with E-state index in [-0.39, 0.29) is 0 Å². The zero-order valence-electron chi connectivity index (χ0n) is 6.76. The maximum Gasteiger partial charge on any atom is 0.0937 e. The number of aromatic nitrogens is 4. The topological polar surface area (TPSA) is 43.6 Å². The van der Waals surface area contributed by atoms with Crippen molar-refractivity contribution in [3.8, 4) is 5.69 Å². The first-order chi connectivity index (χ1) is 6.40. The van der Waals surface area contributed by atoms with Crippen molar-refractivity contribution < 1.29 is 0 Å². The van der Waals surface area contributed by atoms with Crippen molar-refractivity contribution in [3.63, 3.8) is 0 Å². The van der Waals surface area contributed by atoms with Crippen molar-refractivity contribution in [1.29, 1.82) is 0 Å². The van der Waals surface area contributed by atoms with Gasteiger partial charge in [-0.1, -0.05) is 21.1 Å². The van der Waals surface area contributed by atoms with Crippen molar-refractivity contribution in [2.45, 2.75) is 5.33 Å². The van der Waals surface area contributed by atoms with Gasteiger partial charge in [-0.15, -0.1) is 5.10 Å². The van der Waals surface area contributed by atoms with E-state index >= 15 is 0 Å². The number of halogens is 1. The van der Waals surface area contributed by atoms with Gasteiger partial charge < -0.3 is 0 Å². The first-order valence-corrected chi connectivity index (χ1v) is 4.90. The zero-order valence-corrected chi connectivity index (χ0v) is 8.35. The monoisotopic (exact) mass is 238 g/mol. The molecule has 2 aromatic heterocycles. The SMILES string of the molecule is BrCc1cn(-c2cccnc2)nn1. The highest BCUT2D eigenvalue weighted by Crippen LogP contribution is 2.05. The second-order valence-electron chi connectivity index (χ2n) is 2.50. The van der Waals surface area contributed by atoms with Crippen LogP contribution in [0.3, 0.4) is 0 Å². The predicted molar refractivity (Wildman–Crippen MR) is 51.8 cm³/mol. The molecule has 2 aromatic rings. The highest BCUT2D eigenvalue weighted by atomic mass is 79.9. The normalized spacial score (nSPS) is 10.2. The van der Waals surface area contributed by atoms with Gasteiger partial charge in [0.15, 0.2) is 0 Å². The molecule has 0 saturated carbocycles. The molecule has 0 aliphatic rings. The molecule has 0 unspecified atom stereocenters. The molecule has 2 rings (SSSR count). The predicted octanol–water partition coefficient (Wildman–Crippen LogP) is 1.56. The van der Waals surface area contributed by atoms with Gasteiger partial charge >= 0.3 is 0 Å². The van der Waals surface area contributed by atoms with Crippen LogP contribution in [0, 0.1) is 0 Å². The molecule has 5 heteroatoms. The first-order valence-electron chi connectivity index (χ1n) is 3.78. The Kier molecular flexibility index (Phi) is 2.35. The van der Waals surface area contributed by atoms with Crippen LogP contribution in [0.15, 0.2) is 30.7 Å². The van der Waals surface area contributed by atoms with Crippen LogP contribution >= 0.6 is 15.9 Å². The third-order valence-corrected chi connectivity index (χ3v) is 2.16. The van der Waals surface area contributed by atoms with E-state index in [2.05, 4.69) is 31.2 Å². The average molecular weight is 239 g/mol. The minimum atomic E-state index is 0.716. The zero-order chi connectivity index (χ0) is 9.10. The van der Waals surface area contributed by atoms with Crippen LogP contribution in [0.4, 0.5) is 0 Å². The summed E-state index contributed by atoms with van der Waals surface area (Å²) in [7, 11) is 0. The number of rotatable bonds is 2. The van der Waals surface area contributed by atoms with Crippen LogP contribution in [0.25, 0.3) is 5.69 Å². The standard InChI is InChI=1S/C8H7BrN4/c9-4-7-6-13(12-11-7)8-2-1-3-10-5-8/h1-3,5-6H,4H2. The second-order valence-corrected chi connectivity index (χ2v) is 3.06. The van der Waals surface area contributed by atoms with Gasteiger partial charge in [0.1, 0.15) is 0 Å². The maximum absolute atomic E-state index is 4.00. The number of hydrogen-bond acceptors (Lipinski definition) is 3. The summed E-state index contributed by atoms with van der Waals surface area (Å²) in [6, 6.07) is 3.80. The Morgan fingerprint density at radius 1 is 1.46 bits per heavy atom. The van der Waals surface area contributed by atoms with Gasteiger partial charge in [-0.2, -0.15) is 0 Å². The number of nitrogens with zero attached hydrogens (tertiary/aromatic N) is 4. The van der Waals surface area contributed by atoms with E-state index in [1.54, 1.807) is 17.1 Å².